The summed E-state index contributed by atoms with van der Waals surface area (Å²) in [6.45, 7) is 0.657. The van der Waals surface area contributed by atoms with Gasteiger partial charge in [-0.3, -0.25) is 4.79 Å². The Morgan fingerprint density at radius 3 is 2.55 bits per heavy atom. The van der Waals surface area contributed by atoms with Crippen LogP contribution in [-0.4, -0.2) is 48.4 Å². The van der Waals surface area contributed by atoms with E-state index in [1.54, 1.807) is 18.2 Å². The molecule has 1 fully saturated rings. The van der Waals surface area contributed by atoms with Gasteiger partial charge in [-0.05, 0) is 12.1 Å². The summed E-state index contributed by atoms with van der Waals surface area (Å²) < 4.78 is 16.3. The number of hydrogen-bond acceptors (Lipinski definition) is 5. The van der Waals surface area contributed by atoms with Crippen molar-refractivity contribution >= 4 is 11.9 Å². The van der Waals surface area contributed by atoms with Gasteiger partial charge in [-0.2, -0.15) is 0 Å². The number of carboxylic acid groups (broad SMARTS) is 1. The third-order valence-electron chi connectivity index (χ3n) is 3.92. The quantitative estimate of drug-likeness (QED) is 0.848. The summed E-state index contributed by atoms with van der Waals surface area (Å²) in [5.41, 5.74) is -1.30. The van der Waals surface area contributed by atoms with E-state index in [4.69, 9.17) is 14.2 Å². The Morgan fingerprint density at radius 2 is 1.86 bits per heavy atom. The maximum Gasteiger partial charge on any atom is 0.329 e. The lowest BCUT2D eigenvalue weighted by molar-refractivity contribution is -0.153. The zero-order valence-electron chi connectivity index (χ0n) is 11.9. The van der Waals surface area contributed by atoms with Crippen molar-refractivity contribution in [2.75, 3.05) is 19.8 Å². The van der Waals surface area contributed by atoms with Crippen LogP contribution >= 0.6 is 0 Å². The second-order valence-electron chi connectivity index (χ2n) is 5.35. The molecule has 1 saturated heterocycles. The van der Waals surface area contributed by atoms with Crippen LogP contribution in [0.3, 0.4) is 0 Å². The molecule has 1 amide bonds. The molecule has 2 aliphatic heterocycles. The molecule has 0 aliphatic carbocycles. The monoisotopic (exact) mass is 307 g/mol. The van der Waals surface area contributed by atoms with Crippen molar-refractivity contribution in [1.29, 1.82) is 0 Å². The lowest BCUT2D eigenvalue weighted by atomic mass is 9.90. The normalized spacial score (nSPS) is 22.6. The average Bonchev–Trinajstić information content (AvgIpc) is 2.55. The number of hydrogen-bond donors (Lipinski definition) is 2. The minimum Gasteiger partial charge on any atom is -0.485 e. The van der Waals surface area contributed by atoms with Gasteiger partial charge in [0.15, 0.2) is 11.5 Å². The summed E-state index contributed by atoms with van der Waals surface area (Å²) in [5, 5.41) is 12.1. The first-order valence-corrected chi connectivity index (χ1v) is 7.12. The summed E-state index contributed by atoms with van der Waals surface area (Å²) in [7, 11) is 0. The standard InChI is InChI=1S/C15H17NO6/c17-13(16-15(14(18)19)5-7-20-8-6-15)12-9-21-10-3-1-2-4-11(10)22-12/h1-4,12H,5-9H2,(H,16,17)(H,18,19). The van der Waals surface area contributed by atoms with Crippen LogP contribution in [0.2, 0.25) is 0 Å². The summed E-state index contributed by atoms with van der Waals surface area (Å²) >= 11 is 0. The van der Waals surface area contributed by atoms with Crippen molar-refractivity contribution in [3.8, 4) is 11.5 Å². The lowest BCUT2D eigenvalue weighted by Gasteiger charge is -2.35. The summed E-state index contributed by atoms with van der Waals surface area (Å²) in [6, 6.07) is 7.04. The third kappa shape index (κ3) is 2.71. The Bertz CT molecular complexity index is 581. The zero-order valence-corrected chi connectivity index (χ0v) is 11.9. The fourth-order valence-electron chi connectivity index (χ4n) is 2.58. The maximum absolute atomic E-state index is 12.4. The molecular formula is C15H17NO6. The van der Waals surface area contributed by atoms with E-state index in [1.807, 2.05) is 6.07 Å². The molecule has 118 valence electrons. The van der Waals surface area contributed by atoms with Crippen molar-refractivity contribution in [3.05, 3.63) is 24.3 Å². The van der Waals surface area contributed by atoms with Crippen LogP contribution in [0.15, 0.2) is 24.3 Å². The number of nitrogens with one attached hydrogen (secondary N) is 1. The average molecular weight is 307 g/mol. The molecule has 0 radical (unpaired) electrons. The Hall–Kier alpha value is -2.28. The fourth-order valence-corrected chi connectivity index (χ4v) is 2.58. The molecule has 7 heteroatoms. The van der Waals surface area contributed by atoms with Gasteiger partial charge in [-0.15, -0.1) is 0 Å². The van der Waals surface area contributed by atoms with E-state index in [0.29, 0.717) is 24.7 Å². The SMILES string of the molecule is O=C(NC1(C(=O)O)CCOCC1)C1COc2ccccc2O1. The minimum absolute atomic E-state index is 0.0506. The lowest BCUT2D eigenvalue weighted by Crippen LogP contribution is -2.60. The molecule has 0 spiro atoms. The molecule has 1 unspecified atom stereocenters. The molecule has 22 heavy (non-hydrogen) atoms. The largest absolute Gasteiger partial charge is 0.485 e. The van der Waals surface area contributed by atoms with Crippen LogP contribution < -0.4 is 14.8 Å². The number of aliphatic carboxylic acids is 1. The molecule has 2 heterocycles. The summed E-state index contributed by atoms with van der Waals surface area (Å²) in [6.07, 6.45) is -0.398. The van der Waals surface area contributed by atoms with Gasteiger partial charge in [0.25, 0.3) is 5.91 Å². The summed E-state index contributed by atoms with van der Waals surface area (Å²) in [4.78, 5) is 23.9. The number of carboxylic acids is 1. The number of amides is 1. The Morgan fingerprint density at radius 1 is 1.18 bits per heavy atom. The second-order valence-corrected chi connectivity index (χ2v) is 5.35. The predicted molar refractivity (Wildman–Crippen MR) is 74.9 cm³/mol. The molecule has 0 aromatic heterocycles. The van der Waals surface area contributed by atoms with Gasteiger partial charge < -0.3 is 24.6 Å². The van der Waals surface area contributed by atoms with Gasteiger partial charge >= 0.3 is 5.97 Å². The maximum atomic E-state index is 12.4. The highest BCUT2D eigenvalue weighted by Gasteiger charge is 2.43. The van der Waals surface area contributed by atoms with E-state index in [2.05, 4.69) is 5.32 Å². The van der Waals surface area contributed by atoms with Crippen molar-refractivity contribution < 1.29 is 28.9 Å². The van der Waals surface area contributed by atoms with Crippen LogP contribution in [0.25, 0.3) is 0 Å². The van der Waals surface area contributed by atoms with Crippen LogP contribution in [0.4, 0.5) is 0 Å². The van der Waals surface area contributed by atoms with E-state index in [9.17, 15) is 14.7 Å². The van der Waals surface area contributed by atoms with Gasteiger partial charge in [0, 0.05) is 26.1 Å². The van der Waals surface area contributed by atoms with Crippen molar-refractivity contribution in [2.24, 2.45) is 0 Å². The number of para-hydroxylation sites is 2. The highest BCUT2D eigenvalue weighted by molar-refractivity contribution is 5.89. The molecule has 0 bridgehead atoms. The van der Waals surface area contributed by atoms with Gasteiger partial charge in [-0.25, -0.2) is 4.79 Å². The van der Waals surface area contributed by atoms with Crippen LogP contribution in [-0.2, 0) is 14.3 Å². The Kier molecular flexibility index (Phi) is 3.89. The molecule has 1 atom stereocenters. The predicted octanol–water partition coefficient (Wildman–Crippen LogP) is 0.576. The Balaban J connectivity index is 1.70. The number of rotatable bonds is 3. The first-order chi connectivity index (χ1) is 10.6. The molecule has 1 aromatic rings. The minimum atomic E-state index is -1.30. The van der Waals surface area contributed by atoms with Gasteiger partial charge in [0.2, 0.25) is 6.10 Å². The molecule has 7 nitrogen and oxygen atoms in total. The van der Waals surface area contributed by atoms with E-state index in [1.165, 1.54) is 0 Å². The molecule has 0 saturated carbocycles. The number of fused-ring (bicyclic) bond motifs is 1. The number of benzene rings is 1. The topological polar surface area (TPSA) is 94.1 Å². The number of carbonyl (C=O) groups excluding carboxylic acids is 1. The van der Waals surface area contributed by atoms with E-state index >= 15 is 0 Å². The Labute approximate surface area is 127 Å². The third-order valence-corrected chi connectivity index (χ3v) is 3.92. The smallest absolute Gasteiger partial charge is 0.329 e. The molecule has 1 aromatic carbocycles. The number of ether oxygens (including phenoxy) is 3. The molecular weight excluding hydrogens is 290 g/mol. The van der Waals surface area contributed by atoms with E-state index in [0.717, 1.165) is 0 Å². The van der Waals surface area contributed by atoms with Crippen molar-refractivity contribution in [2.45, 2.75) is 24.5 Å². The molecule has 2 aliphatic rings. The van der Waals surface area contributed by atoms with E-state index in [-0.39, 0.29) is 19.4 Å². The van der Waals surface area contributed by atoms with Crippen molar-refractivity contribution in [1.82, 2.24) is 5.32 Å². The second kappa shape index (κ2) is 5.84. The van der Waals surface area contributed by atoms with Gasteiger partial charge in [0.1, 0.15) is 12.1 Å². The summed E-state index contributed by atoms with van der Waals surface area (Å²) in [5.74, 6) is -0.490. The molecule has 2 N–H and O–H groups in total. The first kappa shape index (κ1) is 14.6. The van der Waals surface area contributed by atoms with Gasteiger partial charge in [-0.1, -0.05) is 12.1 Å². The zero-order chi connectivity index (χ0) is 15.6. The fraction of sp³-hybridized carbons (Fsp3) is 0.467. The highest BCUT2D eigenvalue weighted by Crippen LogP contribution is 2.31. The highest BCUT2D eigenvalue weighted by atomic mass is 16.6. The first-order valence-electron chi connectivity index (χ1n) is 7.12. The number of carbonyl (C=O) groups is 2. The molecule has 3 rings (SSSR count). The van der Waals surface area contributed by atoms with E-state index < -0.39 is 23.5 Å². The van der Waals surface area contributed by atoms with Crippen molar-refractivity contribution in [3.63, 3.8) is 0 Å². The van der Waals surface area contributed by atoms with Gasteiger partial charge in [0.05, 0.1) is 0 Å². The van der Waals surface area contributed by atoms with Crippen LogP contribution in [0.1, 0.15) is 12.8 Å². The van der Waals surface area contributed by atoms with Crippen LogP contribution in [0, 0.1) is 0 Å². The van der Waals surface area contributed by atoms with Crippen LogP contribution in [0.5, 0.6) is 11.5 Å².